The number of hydrogen-bond donors (Lipinski definition) is 1. The summed E-state index contributed by atoms with van der Waals surface area (Å²) in [6.07, 6.45) is 2.65. The molecular formula is C17H17N5O2S. The molecule has 0 aromatic carbocycles. The van der Waals surface area contributed by atoms with Crippen LogP contribution in [0.15, 0.2) is 24.4 Å². The van der Waals surface area contributed by atoms with Gasteiger partial charge in [-0.05, 0) is 31.5 Å². The zero-order chi connectivity index (χ0) is 17.8. The molecule has 0 aliphatic heterocycles. The first-order chi connectivity index (χ1) is 12.1. The molecule has 0 saturated heterocycles. The lowest BCUT2D eigenvalue weighted by Gasteiger charge is -2.10. The van der Waals surface area contributed by atoms with Crippen LogP contribution >= 0.6 is 11.3 Å². The summed E-state index contributed by atoms with van der Waals surface area (Å²) in [4.78, 5) is 18.3. The fourth-order valence-electron chi connectivity index (χ4n) is 2.42. The Morgan fingerprint density at radius 2 is 2.36 bits per heavy atom. The van der Waals surface area contributed by atoms with Crippen LogP contribution in [-0.4, -0.2) is 27.3 Å². The monoisotopic (exact) mass is 355 g/mol. The molecule has 7 nitrogen and oxygen atoms in total. The maximum atomic E-state index is 12.6. The number of carbonyl (C=O) groups excluding carboxylic acids is 1. The van der Waals surface area contributed by atoms with Crippen LogP contribution < -0.4 is 10.1 Å². The Morgan fingerprint density at radius 3 is 3.12 bits per heavy atom. The van der Waals surface area contributed by atoms with Crippen LogP contribution in [0.2, 0.25) is 0 Å². The number of anilines is 1. The first-order valence-corrected chi connectivity index (χ1v) is 8.61. The van der Waals surface area contributed by atoms with E-state index in [1.165, 1.54) is 11.3 Å². The number of carbonyl (C=O) groups is 1. The number of nitriles is 1. The Labute approximate surface area is 148 Å². The Morgan fingerprint density at radius 1 is 1.52 bits per heavy atom. The van der Waals surface area contributed by atoms with Crippen molar-refractivity contribution in [1.29, 1.82) is 5.26 Å². The Bertz CT molecular complexity index is 919. The fraction of sp³-hybridized carbons (Fsp3) is 0.294. The molecule has 3 aromatic rings. The minimum Gasteiger partial charge on any atom is -0.490 e. The topological polar surface area (TPSA) is 92.8 Å². The average Bonchev–Trinajstić information content (AvgIpc) is 3.15. The normalized spacial score (nSPS) is 10.6. The van der Waals surface area contributed by atoms with Crippen LogP contribution in [0.3, 0.4) is 0 Å². The number of unbranched alkanes of at least 4 members (excludes halogenated alkanes) is 1. The molecule has 3 heterocycles. The van der Waals surface area contributed by atoms with E-state index in [-0.39, 0.29) is 5.91 Å². The van der Waals surface area contributed by atoms with Crippen molar-refractivity contribution < 1.29 is 9.53 Å². The SMILES string of the molecule is Cc1nn(C)c2sc(C(=O)Nc3ncccc3OCCCC#N)cc12. The predicted octanol–water partition coefficient (Wildman–Crippen LogP) is 3.27. The first kappa shape index (κ1) is 16.9. The van der Waals surface area contributed by atoms with Crippen LogP contribution in [0, 0.1) is 18.3 Å². The van der Waals surface area contributed by atoms with Gasteiger partial charge in [-0.2, -0.15) is 10.4 Å². The molecule has 0 aliphatic carbocycles. The molecule has 0 saturated carbocycles. The number of aryl methyl sites for hydroxylation is 2. The summed E-state index contributed by atoms with van der Waals surface area (Å²) in [5.74, 6) is 0.630. The van der Waals surface area contributed by atoms with Gasteiger partial charge in [0.15, 0.2) is 11.6 Å². The van der Waals surface area contributed by atoms with E-state index in [4.69, 9.17) is 10.00 Å². The highest BCUT2D eigenvalue weighted by atomic mass is 32.1. The van der Waals surface area contributed by atoms with E-state index < -0.39 is 0 Å². The van der Waals surface area contributed by atoms with Crippen molar-refractivity contribution in [1.82, 2.24) is 14.8 Å². The molecule has 3 rings (SSSR count). The fourth-order valence-corrected chi connectivity index (χ4v) is 3.44. The van der Waals surface area contributed by atoms with Gasteiger partial charge in [0.25, 0.3) is 5.91 Å². The average molecular weight is 355 g/mol. The summed E-state index contributed by atoms with van der Waals surface area (Å²) in [6, 6.07) is 7.40. The third-order valence-corrected chi connectivity index (χ3v) is 4.81. The second-order valence-corrected chi connectivity index (χ2v) is 6.48. The number of thiophene rings is 1. The second kappa shape index (κ2) is 7.32. The number of pyridine rings is 1. The number of hydrogen-bond acceptors (Lipinski definition) is 6. The van der Waals surface area contributed by atoms with Crippen molar-refractivity contribution in [3.05, 3.63) is 35.0 Å². The highest BCUT2D eigenvalue weighted by Gasteiger charge is 2.17. The molecule has 25 heavy (non-hydrogen) atoms. The van der Waals surface area contributed by atoms with Crippen molar-refractivity contribution >= 4 is 33.3 Å². The maximum Gasteiger partial charge on any atom is 0.267 e. The van der Waals surface area contributed by atoms with Crippen molar-refractivity contribution in [3.63, 3.8) is 0 Å². The smallest absolute Gasteiger partial charge is 0.267 e. The molecule has 3 aromatic heterocycles. The Balaban J connectivity index is 1.76. The lowest BCUT2D eigenvalue weighted by Crippen LogP contribution is -2.13. The molecule has 1 N–H and O–H groups in total. The summed E-state index contributed by atoms with van der Waals surface area (Å²) in [5, 5.41) is 16.7. The third-order valence-electron chi connectivity index (χ3n) is 3.61. The molecule has 0 fully saturated rings. The molecule has 0 radical (unpaired) electrons. The number of nitrogens with one attached hydrogen (secondary N) is 1. The molecule has 0 spiro atoms. The molecule has 0 atom stereocenters. The summed E-state index contributed by atoms with van der Waals surface area (Å²) < 4.78 is 7.39. The number of ether oxygens (including phenoxy) is 1. The quantitative estimate of drug-likeness (QED) is 0.685. The van der Waals surface area contributed by atoms with E-state index in [9.17, 15) is 4.79 Å². The molecule has 0 unspecified atom stereocenters. The van der Waals surface area contributed by atoms with E-state index in [0.717, 1.165) is 15.9 Å². The number of rotatable bonds is 6. The number of aromatic nitrogens is 3. The summed E-state index contributed by atoms with van der Waals surface area (Å²) in [7, 11) is 1.86. The van der Waals surface area contributed by atoms with Crippen molar-refractivity contribution in [2.75, 3.05) is 11.9 Å². The molecule has 8 heteroatoms. The van der Waals surface area contributed by atoms with Crippen molar-refractivity contribution in [3.8, 4) is 11.8 Å². The van der Waals surface area contributed by atoms with Gasteiger partial charge >= 0.3 is 0 Å². The van der Waals surface area contributed by atoms with Crippen molar-refractivity contribution in [2.24, 2.45) is 7.05 Å². The van der Waals surface area contributed by atoms with Gasteiger partial charge in [0.1, 0.15) is 4.83 Å². The first-order valence-electron chi connectivity index (χ1n) is 7.79. The van der Waals surface area contributed by atoms with E-state index in [0.29, 0.717) is 35.9 Å². The minimum absolute atomic E-state index is 0.235. The lowest BCUT2D eigenvalue weighted by molar-refractivity contribution is 0.102. The van der Waals surface area contributed by atoms with E-state index in [1.807, 2.05) is 20.0 Å². The van der Waals surface area contributed by atoms with Crippen LogP contribution in [0.1, 0.15) is 28.2 Å². The van der Waals surface area contributed by atoms with Crippen LogP contribution in [-0.2, 0) is 7.05 Å². The molecule has 1 amide bonds. The van der Waals surface area contributed by atoms with E-state index >= 15 is 0 Å². The van der Waals surface area contributed by atoms with E-state index in [2.05, 4.69) is 21.5 Å². The van der Waals surface area contributed by atoms with Crippen LogP contribution in [0.4, 0.5) is 5.82 Å². The summed E-state index contributed by atoms with van der Waals surface area (Å²) >= 11 is 1.39. The van der Waals surface area contributed by atoms with Gasteiger partial charge in [-0.25, -0.2) is 4.98 Å². The van der Waals surface area contributed by atoms with Gasteiger partial charge in [0.05, 0.1) is 23.2 Å². The van der Waals surface area contributed by atoms with Gasteiger partial charge < -0.3 is 10.1 Å². The van der Waals surface area contributed by atoms with Crippen LogP contribution in [0.5, 0.6) is 5.75 Å². The van der Waals surface area contributed by atoms with Gasteiger partial charge in [-0.1, -0.05) is 0 Å². The zero-order valence-electron chi connectivity index (χ0n) is 13.9. The minimum atomic E-state index is -0.235. The second-order valence-electron chi connectivity index (χ2n) is 5.45. The Kier molecular flexibility index (Phi) is 4.95. The standard InChI is InChI=1S/C17H17N5O2S/c1-11-12-10-14(25-17(12)22(2)21-11)16(23)20-15-13(6-5-8-19-15)24-9-4-3-7-18/h5-6,8,10H,3-4,9H2,1-2H3,(H,19,20,23). The number of amides is 1. The Hall–Kier alpha value is -2.92. The maximum absolute atomic E-state index is 12.6. The van der Waals surface area contributed by atoms with E-state index in [1.54, 1.807) is 23.0 Å². The van der Waals surface area contributed by atoms with Crippen LogP contribution in [0.25, 0.3) is 10.2 Å². The molecular weight excluding hydrogens is 338 g/mol. The molecule has 0 bridgehead atoms. The number of nitrogens with zero attached hydrogens (tertiary/aromatic N) is 4. The lowest BCUT2D eigenvalue weighted by atomic mass is 10.3. The van der Waals surface area contributed by atoms with Gasteiger partial charge in [-0.3, -0.25) is 9.48 Å². The predicted molar refractivity (Wildman–Crippen MR) is 95.9 cm³/mol. The van der Waals surface area contributed by atoms with Gasteiger partial charge in [0.2, 0.25) is 0 Å². The van der Waals surface area contributed by atoms with Gasteiger partial charge in [-0.15, -0.1) is 11.3 Å². The third kappa shape index (κ3) is 3.61. The largest absolute Gasteiger partial charge is 0.490 e. The highest BCUT2D eigenvalue weighted by molar-refractivity contribution is 7.20. The summed E-state index contributed by atoms with van der Waals surface area (Å²) in [5.41, 5.74) is 0.896. The summed E-state index contributed by atoms with van der Waals surface area (Å²) in [6.45, 7) is 2.32. The van der Waals surface area contributed by atoms with Crippen molar-refractivity contribution in [2.45, 2.75) is 19.8 Å². The highest BCUT2D eigenvalue weighted by Crippen LogP contribution is 2.29. The van der Waals surface area contributed by atoms with Gasteiger partial charge in [0, 0.05) is 25.1 Å². The zero-order valence-corrected chi connectivity index (χ0v) is 14.8. The molecule has 128 valence electrons. The molecule has 0 aliphatic rings. The number of fused-ring (bicyclic) bond motifs is 1.